The monoisotopic (exact) mass is 1300 g/mol. The van der Waals surface area contributed by atoms with E-state index >= 15 is 0 Å². The van der Waals surface area contributed by atoms with E-state index in [-0.39, 0.29) is 55.4 Å². The number of pyridine rings is 1. The van der Waals surface area contributed by atoms with Gasteiger partial charge in [0.1, 0.15) is 5.82 Å². The molecule has 438 valence electrons. The van der Waals surface area contributed by atoms with Crippen molar-refractivity contribution < 1.29 is 32.7 Å². The minimum atomic E-state index is -1.96. The average molecular weight is 1300 g/mol. The molecule has 1 aliphatic carbocycles. The number of anilines is 4. The van der Waals surface area contributed by atoms with Gasteiger partial charge in [0, 0.05) is 80.8 Å². The van der Waals surface area contributed by atoms with Crippen LogP contribution in [0.4, 0.5) is 22.7 Å². The number of aromatic nitrogens is 2. The fraction of sp³-hybridized carbons (Fsp3) is 0.316. The van der Waals surface area contributed by atoms with E-state index in [9.17, 15) is 6.85 Å². The molecule has 0 atom stereocenters. The summed E-state index contributed by atoms with van der Waals surface area (Å²) >= 11 is 0. The van der Waals surface area contributed by atoms with Crippen molar-refractivity contribution in [3.05, 3.63) is 222 Å². The van der Waals surface area contributed by atoms with Crippen molar-refractivity contribution in [3.8, 4) is 50.7 Å². The SMILES string of the molecule is [2H]c1c([2H])c(-c2cnc(-n3c4[c-]c(Oc5[c-]c(N6[CH-]N(c7c(-c8cccc(C(C)(C)C)c8)cccc7-c7cccc(C(C)(C)C)c7)c7ccccc76)ccc5)ccc4c4ccc(C(C)(C)C)cc43)cc2C([2H])([2H])C(C)(C)C)c2c(c1[2H])C(C)(C)CCC2(C)C.[Pt]. The molecular formula is C79H83N4OPt-3. The molecule has 0 fully saturated rings. The molecule has 0 saturated carbocycles. The number of fused-ring (bicyclic) bond motifs is 5. The van der Waals surface area contributed by atoms with Crippen molar-refractivity contribution in [2.75, 3.05) is 9.80 Å². The van der Waals surface area contributed by atoms with E-state index < -0.39 is 22.6 Å². The van der Waals surface area contributed by atoms with Gasteiger partial charge < -0.3 is 19.1 Å². The van der Waals surface area contributed by atoms with E-state index in [1.807, 2.05) is 45.0 Å². The first-order chi connectivity index (χ1) is 41.7. The van der Waals surface area contributed by atoms with E-state index in [1.54, 1.807) is 6.20 Å². The Morgan fingerprint density at radius 1 is 0.576 bits per heavy atom. The zero-order chi connectivity index (χ0) is 63.9. The maximum Gasteiger partial charge on any atom is 0.135 e. The molecule has 0 unspecified atom stereocenters. The molecule has 0 radical (unpaired) electrons. The van der Waals surface area contributed by atoms with Crippen LogP contribution in [-0.2, 0) is 54.5 Å². The summed E-state index contributed by atoms with van der Waals surface area (Å²) in [5.74, 6) is 1.44. The Hall–Kier alpha value is -7.20. The Labute approximate surface area is 528 Å². The quantitative estimate of drug-likeness (QED) is 0.135. The molecule has 5 nitrogen and oxygen atoms in total. The molecule has 8 aromatic carbocycles. The maximum atomic E-state index is 10.1. The summed E-state index contributed by atoms with van der Waals surface area (Å²) in [5, 5.41) is 1.90. The van der Waals surface area contributed by atoms with Crippen molar-refractivity contribution in [1.82, 2.24) is 9.55 Å². The molecule has 6 heteroatoms. The summed E-state index contributed by atoms with van der Waals surface area (Å²) in [4.78, 5) is 9.81. The summed E-state index contributed by atoms with van der Waals surface area (Å²) < 4.78 is 57.3. The second-order valence-electron chi connectivity index (χ2n) is 28.8. The van der Waals surface area contributed by atoms with Gasteiger partial charge >= 0.3 is 0 Å². The van der Waals surface area contributed by atoms with Crippen LogP contribution in [0.1, 0.15) is 164 Å². The van der Waals surface area contributed by atoms with Crippen LogP contribution in [0.25, 0.3) is 61.0 Å². The minimum absolute atomic E-state index is 0. The van der Waals surface area contributed by atoms with Crippen molar-refractivity contribution in [2.24, 2.45) is 5.41 Å². The molecule has 0 N–H and O–H groups in total. The molecule has 0 bridgehead atoms. The van der Waals surface area contributed by atoms with E-state index in [0.717, 1.165) is 90.8 Å². The van der Waals surface area contributed by atoms with Crippen molar-refractivity contribution >= 4 is 44.6 Å². The van der Waals surface area contributed by atoms with Crippen LogP contribution in [0.5, 0.6) is 11.5 Å². The third-order valence-electron chi connectivity index (χ3n) is 17.2. The molecule has 1 aliphatic heterocycles. The van der Waals surface area contributed by atoms with E-state index in [2.05, 4.69) is 245 Å². The van der Waals surface area contributed by atoms with Gasteiger partial charge in [0.15, 0.2) is 0 Å². The first-order valence-electron chi connectivity index (χ1n) is 32.4. The summed E-state index contributed by atoms with van der Waals surface area (Å²) in [5.41, 5.74) is 14.4. The van der Waals surface area contributed by atoms with E-state index in [4.69, 9.17) is 9.72 Å². The van der Waals surface area contributed by atoms with Gasteiger partial charge in [-0.2, -0.15) is 12.1 Å². The smallest absolute Gasteiger partial charge is 0.135 e. The largest absolute Gasteiger partial charge is 0.509 e. The van der Waals surface area contributed by atoms with Gasteiger partial charge in [-0.25, -0.2) is 4.98 Å². The number of para-hydroxylation sites is 3. The Bertz CT molecular complexity index is 4400. The topological polar surface area (TPSA) is 33.5 Å². The Balaban J connectivity index is 0.00000833. The first kappa shape index (κ1) is 53.3. The number of ether oxygens (including phenoxy) is 1. The fourth-order valence-corrected chi connectivity index (χ4v) is 12.4. The Kier molecular flexibility index (Phi) is 13.6. The zero-order valence-electron chi connectivity index (χ0n) is 57.4. The molecule has 0 saturated heterocycles. The number of rotatable bonds is 9. The Morgan fingerprint density at radius 3 is 1.79 bits per heavy atom. The van der Waals surface area contributed by atoms with Gasteiger partial charge in [-0.3, -0.25) is 0 Å². The second kappa shape index (κ2) is 21.6. The predicted molar refractivity (Wildman–Crippen MR) is 355 cm³/mol. The van der Waals surface area contributed by atoms with Crippen LogP contribution < -0.4 is 14.5 Å². The van der Waals surface area contributed by atoms with Crippen LogP contribution in [0.2, 0.25) is 0 Å². The summed E-state index contributed by atoms with van der Waals surface area (Å²) in [6, 6.07) is 58.7. The Morgan fingerprint density at radius 2 is 1.15 bits per heavy atom. The third-order valence-corrected chi connectivity index (χ3v) is 17.2. The minimum Gasteiger partial charge on any atom is -0.509 e. The summed E-state index contributed by atoms with van der Waals surface area (Å²) in [7, 11) is 0. The van der Waals surface area contributed by atoms with Crippen LogP contribution in [0, 0.1) is 24.2 Å². The maximum absolute atomic E-state index is 10.1. The summed E-state index contributed by atoms with van der Waals surface area (Å²) in [6.07, 6.45) is 1.39. The molecule has 3 heterocycles. The normalized spacial score (nSPS) is 16.0. The second-order valence-corrected chi connectivity index (χ2v) is 28.8. The average Bonchev–Trinajstić information content (AvgIpc) is 0.816. The van der Waals surface area contributed by atoms with Gasteiger partial charge in [0.05, 0.1) is 4.11 Å². The first-order valence-corrected chi connectivity index (χ1v) is 29.9. The third kappa shape index (κ3) is 11.3. The van der Waals surface area contributed by atoms with Crippen LogP contribution in [0.15, 0.2) is 170 Å². The predicted octanol–water partition coefficient (Wildman–Crippen LogP) is 21.8. The number of nitrogens with zero attached hydrogens (tertiary/aromatic N) is 4. The van der Waals surface area contributed by atoms with Crippen molar-refractivity contribution in [2.45, 2.75) is 157 Å². The van der Waals surface area contributed by atoms with Gasteiger partial charge in [0.2, 0.25) is 0 Å². The molecular weight excluding hydrogens is 1220 g/mol. The zero-order valence-corrected chi connectivity index (χ0v) is 54.7. The molecule has 0 spiro atoms. The van der Waals surface area contributed by atoms with Crippen LogP contribution in [0.3, 0.4) is 0 Å². The molecule has 10 aromatic rings. The van der Waals surface area contributed by atoms with E-state index in [1.165, 1.54) is 11.1 Å². The standard InChI is InChI=1S/C79H83N4O.Pt/c1-74(2,3)48-53-44-71(80-49-65(53)64-32-23-33-66-72(64)79(15,16)41-40-78(66,13)14)83-69-45-56(77(10,11)12)36-38-62(69)63-39-37-59(47-70(63)83)84-58-29-21-28-57(46-58)81-50-82(68-35-18-17-34-67(68)81)73-60(51-24-19-26-54(42-51)75(4,5)6)30-22-31-61(73)52-25-20-27-55(43-52)76(7,8)9;/h17-39,42-45,49-50H,40-41,48H2,1-16H3;/q-3;/i23D,32D,33D,48D2;. The number of hydrogen-bond acceptors (Lipinski definition) is 4. The fourth-order valence-electron chi connectivity index (χ4n) is 12.4. The molecule has 0 amide bonds. The number of benzene rings is 8. The van der Waals surface area contributed by atoms with Gasteiger partial charge in [-0.15, -0.1) is 48.1 Å². The van der Waals surface area contributed by atoms with E-state index in [0.29, 0.717) is 39.5 Å². The van der Waals surface area contributed by atoms with Gasteiger partial charge in [0.25, 0.3) is 0 Å². The van der Waals surface area contributed by atoms with Crippen molar-refractivity contribution in [3.63, 3.8) is 0 Å². The molecule has 2 aromatic heterocycles. The molecule has 2 aliphatic rings. The molecule has 85 heavy (non-hydrogen) atoms. The van der Waals surface area contributed by atoms with Crippen LogP contribution >= 0.6 is 0 Å². The molecule has 12 rings (SSSR count). The van der Waals surface area contributed by atoms with Crippen LogP contribution in [-0.4, -0.2) is 9.55 Å². The summed E-state index contributed by atoms with van der Waals surface area (Å²) in [6.45, 7) is 36.6. The number of hydrogen-bond donors (Lipinski definition) is 0. The van der Waals surface area contributed by atoms with Crippen molar-refractivity contribution in [1.29, 1.82) is 0 Å². The van der Waals surface area contributed by atoms with Gasteiger partial charge in [-0.1, -0.05) is 225 Å². The van der Waals surface area contributed by atoms with Gasteiger partial charge in [-0.05, 0) is 131 Å².